The number of rotatable bonds is 3. The highest BCUT2D eigenvalue weighted by Crippen LogP contribution is 2.38. The second-order valence-electron chi connectivity index (χ2n) is 6.71. The van der Waals surface area contributed by atoms with Crippen LogP contribution in [0.25, 0.3) is 0 Å². The molecule has 114 valence electrons. The zero-order valence-corrected chi connectivity index (χ0v) is 13.1. The van der Waals surface area contributed by atoms with Crippen LogP contribution in [0, 0.1) is 23.7 Å². The van der Waals surface area contributed by atoms with E-state index in [0.717, 1.165) is 32.6 Å². The second-order valence-corrected chi connectivity index (χ2v) is 6.71. The Kier molecular flexibility index (Phi) is 4.29. The molecule has 0 aromatic heterocycles. The highest BCUT2D eigenvalue weighted by atomic mass is 16.1. The molecule has 4 unspecified atom stereocenters. The highest BCUT2D eigenvalue weighted by molar-refractivity contribution is 5.79. The molecule has 0 radical (unpaired) electrons. The quantitative estimate of drug-likeness (QED) is 0.926. The second kappa shape index (κ2) is 6.18. The lowest BCUT2D eigenvalue weighted by molar-refractivity contribution is -0.125. The number of carbonyl (C=O) groups is 1. The van der Waals surface area contributed by atoms with Crippen LogP contribution in [-0.4, -0.2) is 30.4 Å². The van der Waals surface area contributed by atoms with E-state index in [1.807, 2.05) is 0 Å². The van der Waals surface area contributed by atoms with E-state index < -0.39 is 0 Å². The van der Waals surface area contributed by atoms with Gasteiger partial charge in [-0.05, 0) is 23.3 Å². The summed E-state index contributed by atoms with van der Waals surface area (Å²) >= 11 is 0. The van der Waals surface area contributed by atoms with Crippen LogP contribution in [0.3, 0.4) is 0 Å². The molecule has 3 rings (SSSR count). The third-order valence-electron chi connectivity index (χ3n) is 5.43. The first-order chi connectivity index (χ1) is 10.2. The summed E-state index contributed by atoms with van der Waals surface area (Å²) in [6.07, 6.45) is 1.11. The van der Waals surface area contributed by atoms with E-state index >= 15 is 0 Å². The number of hydrogen-bond donors (Lipinski definition) is 1. The molecule has 0 saturated carbocycles. The zero-order chi connectivity index (χ0) is 14.8. The molecular weight excluding hydrogens is 260 g/mol. The van der Waals surface area contributed by atoms with Gasteiger partial charge < -0.3 is 5.32 Å². The largest absolute Gasteiger partial charge is 0.356 e. The van der Waals surface area contributed by atoms with Gasteiger partial charge >= 0.3 is 0 Å². The predicted molar refractivity (Wildman–Crippen MR) is 84.7 cm³/mol. The van der Waals surface area contributed by atoms with Crippen molar-refractivity contribution in [3.8, 4) is 0 Å². The van der Waals surface area contributed by atoms with E-state index in [1.165, 1.54) is 5.56 Å². The van der Waals surface area contributed by atoms with Gasteiger partial charge in [0, 0.05) is 32.1 Å². The summed E-state index contributed by atoms with van der Waals surface area (Å²) in [4.78, 5) is 14.6. The molecule has 2 heterocycles. The Morgan fingerprint density at radius 1 is 1.24 bits per heavy atom. The summed E-state index contributed by atoms with van der Waals surface area (Å²) < 4.78 is 0. The van der Waals surface area contributed by atoms with Gasteiger partial charge in [0.05, 0.1) is 0 Å². The molecular formula is C18H26N2O. The third-order valence-corrected chi connectivity index (χ3v) is 5.43. The molecule has 3 heteroatoms. The van der Waals surface area contributed by atoms with Crippen molar-refractivity contribution in [3.63, 3.8) is 0 Å². The van der Waals surface area contributed by atoms with Crippen LogP contribution >= 0.6 is 0 Å². The van der Waals surface area contributed by atoms with Crippen LogP contribution in [0.2, 0.25) is 0 Å². The van der Waals surface area contributed by atoms with Crippen LogP contribution in [0.5, 0.6) is 0 Å². The third kappa shape index (κ3) is 2.98. The monoisotopic (exact) mass is 286 g/mol. The minimum absolute atomic E-state index is 0.154. The van der Waals surface area contributed by atoms with Crippen molar-refractivity contribution in [3.05, 3.63) is 35.9 Å². The summed E-state index contributed by atoms with van der Waals surface area (Å²) in [5.41, 5.74) is 1.39. The molecule has 1 aromatic carbocycles. The SMILES string of the molecule is CCC1C(C)C(=O)NCC2CN(Cc3ccccc3)CC21. The molecule has 2 aliphatic rings. The Balaban J connectivity index is 1.71. The molecule has 3 nitrogen and oxygen atoms in total. The Labute approximate surface area is 127 Å². The lowest BCUT2D eigenvalue weighted by Crippen LogP contribution is -2.33. The number of nitrogens with one attached hydrogen (secondary N) is 1. The Morgan fingerprint density at radius 3 is 2.71 bits per heavy atom. The number of carbonyl (C=O) groups excluding carboxylic acids is 1. The average Bonchev–Trinajstić information content (AvgIpc) is 2.84. The van der Waals surface area contributed by atoms with Crippen molar-refractivity contribution in [2.75, 3.05) is 19.6 Å². The van der Waals surface area contributed by atoms with E-state index in [4.69, 9.17) is 0 Å². The van der Waals surface area contributed by atoms with E-state index in [0.29, 0.717) is 17.8 Å². The molecule has 0 aliphatic carbocycles. The first kappa shape index (κ1) is 14.6. The van der Waals surface area contributed by atoms with E-state index in [-0.39, 0.29) is 11.8 Å². The highest BCUT2D eigenvalue weighted by Gasteiger charge is 2.42. The van der Waals surface area contributed by atoms with E-state index in [2.05, 4.69) is 54.4 Å². The molecule has 2 fully saturated rings. The predicted octanol–water partition coefficient (Wildman–Crippen LogP) is 2.53. The van der Waals surface area contributed by atoms with Gasteiger partial charge in [-0.15, -0.1) is 0 Å². The van der Waals surface area contributed by atoms with Crippen LogP contribution in [0.4, 0.5) is 0 Å². The van der Waals surface area contributed by atoms with Crippen molar-refractivity contribution in [1.82, 2.24) is 10.2 Å². The van der Waals surface area contributed by atoms with Gasteiger partial charge in [0.1, 0.15) is 0 Å². The minimum Gasteiger partial charge on any atom is -0.356 e. The number of amides is 1. The zero-order valence-electron chi connectivity index (χ0n) is 13.1. The fraction of sp³-hybridized carbons (Fsp3) is 0.611. The topological polar surface area (TPSA) is 32.3 Å². The number of likely N-dealkylation sites (tertiary alicyclic amines) is 1. The van der Waals surface area contributed by atoms with Gasteiger partial charge in [-0.25, -0.2) is 0 Å². The maximum absolute atomic E-state index is 12.1. The maximum Gasteiger partial charge on any atom is 0.223 e. The van der Waals surface area contributed by atoms with Crippen LogP contribution < -0.4 is 5.32 Å². The van der Waals surface area contributed by atoms with Crippen LogP contribution in [-0.2, 0) is 11.3 Å². The van der Waals surface area contributed by atoms with Crippen molar-refractivity contribution in [1.29, 1.82) is 0 Å². The molecule has 4 atom stereocenters. The molecule has 1 N–H and O–H groups in total. The summed E-state index contributed by atoms with van der Waals surface area (Å²) in [6.45, 7) is 8.48. The Hall–Kier alpha value is -1.35. The summed E-state index contributed by atoms with van der Waals surface area (Å²) in [6, 6.07) is 10.7. The molecule has 1 aromatic rings. The lowest BCUT2D eigenvalue weighted by atomic mass is 9.77. The fourth-order valence-corrected chi connectivity index (χ4v) is 4.27. The summed E-state index contributed by atoms with van der Waals surface area (Å²) in [5.74, 6) is 2.21. The van der Waals surface area contributed by atoms with Crippen molar-refractivity contribution >= 4 is 5.91 Å². The number of nitrogens with zero attached hydrogens (tertiary/aromatic N) is 1. The molecule has 1 amide bonds. The first-order valence-electron chi connectivity index (χ1n) is 8.23. The first-order valence-corrected chi connectivity index (χ1v) is 8.23. The number of fused-ring (bicyclic) bond motifs is 1. The summed E-state index contributed by atoms with van der Waals surface area (Å²) in [5, 5.41) is 3.15. The Morgan fingerprint density at radius 2 is 2.00 bits per heavy atom. The molecule has 2 aliphatic heterocycles. The molecule has 0 spiro atoms. The van der Waals surface area contributed by atoms with Crippen molar-refractivity contribution in [2.45, 2.75) is 26.8 Å². The molecule has 0 bridgehead atoms. The van der Waals surface area contributed by atoms with Gasteiger partial charge in [0.15, 0.2) is 0 Å². The standard InChI is InChI=1S/C18H26N2O/c1-3-16-13(2)18(21)19-9-15-11-20(12-17(15)16)10-14-7-5-4-6-8-14/h4-8,13,15-17H,3,9-12H2,1-2H3,(H,19,21). The number of benzene rings is 1. The fourth-order valence-electron chi connectivity index (χ4n) is 4.27. The van der Waals surface area contributed by atoms with Crippen molar-refractivity contribution < 1.29 is 4.79 Å². The van der Waals surface area contributed by atoms with Gasteiger partial charge in [-0.2, -0.15) is 0 Å². The minimum atomic E-state index is 0.154. The van der Waals surface area contributed by atoms with Crippen LogP contribution in [0.15, 0.2) is 30.3 Å². The number of hydrogen-bond acceptors (Lipinski definition) is 2. The normalized spacial score (nSPS) is 33.3. The van der Waals surface area contributed by atoms with E-state index in [1.54, 1.807) is 0 Å². The van der Waals surface area contributed by atoms with Gasteiger partial charge in [-0.1, -0.05) is 50.6 Å². The van der Waals surface area contributed by atoms with Crippen LogP contribution in [0.1, 0.15) is 25.8 Å². The van der Waals surface area contributed by atoms with E-state index in [9.17, 15) is 4.79 Å². The smallest absolute Gasteiger partial charge is 0.223 e. The van der Waals surface area contributed by atoms with Gasteiger partial charge in [0.2, 0.25) is 5.91 Å². The molecule has 2 saturated heterocycles. The average molecular weight is 286 g/mol. The van der Waals surface area contributed by atoms with Crippen molar-refractivity contribution in [2.24, 2.45) is 23.7 Å². The Bertz CT molecular complexity index is 487. The molecule has 21 heavy (non-hydrogen) atoms. The van der Waals surface area contributed by atoms with Gasteiger partial charge in [-0.3, -0.25) is 9.69 Å². The van der Waals surface area contributed by atoms with Gasteiger partial charge in [0.25, 0.3) is 0 Å². The lowest BCUT2D eigenvalue weighted by Gasteiger charge is -2.27. The summed E-state index contributed by atoms with van der Waals surface area (Å²) in [7, 11) is 0. The maximum atomic E-state index is 12.1.